The summed E-state index contributed by atoms with van der Waals surface area (Å²) in [4.78, 5) is 0. The summed E-state index contributed by atoms with van der Waals surface area (Å²) in [6.45, 7) is 10.2. The lowest BCUT2D eigenvalue weighted by molar-refractivity contribution is -0.915. The summed E-state index contributed by atoms with van der Waals surface area (Å²) in [6, 6.07) is 19.7. The van der Waals surface area contributed by atoms with Gasteiger partial charge in [0.1, 0.15) is 13.1 Å². The van der Waals surface area contributed by atoms with Crippen molar-refractivity contribution in [2.75, 3.05) is 13.1 Å². The lowest BCUT2D eigenvalue weighted by Gasteiger charge is -2.39. The highest BCUT2D eigenvalue weighted by Crippen LogP contribution is 2.11. The van der Waals surface area contributed by atoms with Crippen LogP contribution in [0.15, 0.2) is 60.7 Å². The number of rotatable bonds is 16. The summed E-state index contributed by atoms with van der Waals surface area (Å²) < 4.78 is 0. The Morgan fingerprint density at radius 1 is 0.559 bits per heavy atom. The third-order valence-electron chi connectivity index (χ3n) is 6.94. The standard InChI is InChI=1S/C28H45N3O3/c1-27(2,30(33)23-25-15-7-5-8-16-25)19-11-13-21-29(32)22-14-12-20-28(3,4)31(34)24-26-17-9-6-10-18-26/h5-10,15-18,29-31H,11-14,19-24H2,1-4H3. The van der Waals surface area contributed by atoms with Gasteiger partial charge in [-0.3, -0.25) is 0 Å². The third-order valence-corrected chi connectivity index (χ3v) is 6.94. The molecule has 0 aliphatic heterocycles. The van der Waals surface area contributed by atoms with Gasteiger partial charge in [-0.15, -0.1) is 0 Å². The molecule has 2 aromatic rings. The lowest BCUT2D eigenvalue weighted by Crippen LogP contribution is -3.14. The van der Waals surface area contributed by atoms with Crippen LogP contribution in [0, 0.1) is 15.6 Å². The van der Waals surface area contributed by atoms with E-state index in [4.69, 9.17) is 0 Å². The van der Waals surface area contributed by atoms with Gasteiger partial charge < -0.3 is 30.8 Å². The van der Waals surface area contributed by atoms with E-state index in [1.54, 1.807) is 0 Å². The minimum Gasteiger partial charge on any atom is -0.634 e. The van der Waals surface area contributed by atoms with Crippen molar-refractivity contribution < 1.29 is 15.2 Å². The molecule has 2 unspecified atom stereocenters. The summed E-state index contributed by atoms with van der Waals surface area (Å²) in [7, 11) is 0. The van der Waals surface area contributed by atoms with Crippen LogP contribution in [0.1, 0.15) is 77.3 Å². The molecule has 2 atom stereocenters. The van der Waals surface area contributed by atoms with Gasteiger partial charge in [0, 0.05) is 24.0 Å². The van der Waals surface area contributed by atoms with Crippen molar-refractivity contribution in [1.29, 1.82) is 0 Å². The summed E-state index contributed by atoms with van der Waals surface area (Å²) in [5.41, 5.74) is 1.38. The van der Waals surface area contributed by atoms with Crippen molar-refractivity contribution >= 4 is 0 Å². The van der Waals surface area contributed by atoms with Gasteiger partial charge in [-0.05, 0) is 53.4 Å². The number of nitrogens with one attached hydrogen (secondary N) is 3. The largest absolute Gasteiger partial charge is 0.634 e. The zero-order valence-corrected chi connectivity index (χ0v) is 21.6. The summed E-state index contributed by atoms with van der Waals surface area (Å²) in [6.07, 6.45) is 5.07. The van der Waals surface area contributed by atoms with E-state index in [-0.39, 0.29) is 21.2 Å². The van der Waals surface area contributed by atoms with Gasteiger partial charge >= 0.3 is 0 Å². The van der Waals surface area contributed by atoms with Crippen LogP contribution >= 0.6 is 0 Å². The van der Waals surface area contributed by atoms with Gasteiger partial charge in [0.05, 0.1) is 24.2 Å². The van der Waals surface area contributed by atoms with E-state index in [0.29, 0.717) is 31.2 Å². The van der Waals surface area contributed by atoms with Gasteiger partial charge in [0.15, 0.2) is 0 Å². The maximum Gasteiger partial charge on any atom is 0.103 e. The minimum absolute atomic E-state index is 0.259. The Kier molecular flexibility index (Phi) is 11.6. The molecule has 6 nitrogen and oxygen atoms in total. The van der Waals surface area contributed by atoms with Crippen molar-refractivity contribution in [2.45, 2.75) is 90.4 Å². The molecule has 0 bridgehead atoms. The number of unbranched alkanes of at least 4 members (excludes halogenated alkanes) is 2. The van der Waals surface area contributed by atoms with Gasteiger partial charge in [-0.2, -0.15) is 0 Å². The maximum atomic E-state index is 12.7. The molecule has 0 radical (unpaired) electrons. The SMILES string of the molecule is CC(C)(CCCC[NH+]([O-])CCCCC(C)(C)[NH+]([O-])Cc1ccccc1)[NH+]([O-])Cc1ccccc1. The van der Waals surface area contributed by atoms with E-state index in [1.807, 2.05) is 88.4 Å². The average molecular weight is 472 g/mol. The fourth-order valence-corrected chi connectivity index (χ4v) is 4.22. The van der Waals surface area contributed by atoms with Crippen molar-refractivity contribution in [2.24, 2.45) is 0 Å². The van der Waals surface area contributed by atoms with Crippen molar-refractivity contribution in [3.63, 3.8) is 0 Å². The van der Waals surface area contributed by atoms with Crippen LogP contribution < -0.4 is 15.2 Å². The highest BCUT2D eigenvalue weighted by atomic mass is 16.5. The first kappa shape index (κ1) is 28.4. The predicted molar refractivity (Wildman–Crippen MR) is 139 cm³/mol. The topological polar surface area (TPSA) is 82.5 Å². The zero-order chi connectivity index (χ0) is 25.0. The monoisotopic (exact) mass is 471 g/mol. The second kappa shape index (κ2) is 13.9. The molecule has 0 aromatic heterocycles. The number of hydrogen-bond donors (Lipinski definition) is 3. The first-order chi connectivity index (χ1) is 16.1. The molecular formula is C28H45N3O3. The Labute approximate surface area is 206 Å². The van der Waals surface area contributed by atoms with E-state index in [9.17, 15) is 15.6 Å². The van der Waals surface area contributed by atoms with Crippen LogP contribution in [-0.4, -0.2) is 24.2 Å². The van der Waals surface area contributed by atoms with Crippen LogP contribution in [-0.2, 0) is 13.1 Å². The van der Waals surface area contributed by atoms with E-state index in [2.05, 4.69) is 0 Å². The molecule has 0 spiro atoms. The Morgan fingerprint density at radius 2 is 0.912 bits per heavy atom. The summed E-state index contributed by atoms with van der Waals surface area (Å²) in [5, 5.41) is 38.5. The number of hydrogen-bond acceptors (Lipinski definition) is 3. The fourth-order valence-electron chi connectivity index (χ4n) is 4.22. The second-order valence-electron chi connectivity index (χ2n) is 10.9. The highest BCUT2D eigenvalue weighted by Gasteiger charge is 2.26. The van der Waals surface area contributed by atoms with Gasteiger partial charge in [-0.25, -0.2) is 0 Å². The zero-order valence-electron chi connectivity index (χ0n) is 21.6. The van der Waals surface area contributed by atoms with Crippen molar-refractivity contribution in [3.8, 4) is 0 Å². The molecule has 0 saturated carbocycles. The molecule has 3 N–H and O–H groups in total. The average Bonchev–Trinajstić information content (AvgIpc) is 2.81. The molecule has 0 amide bonds. The smallest absolute Gasteiger partial charge is 0.103 e. The van der Waals surface area contributed by atoms with Gasteiger partial charge in [0.2, 0.25) is 0 Å². The normalized spacial score (nSPS) is 15.1. The maximum absolute atomic E-state index is 12.7. The first-order valence-corrected chi connectivity index (χ1v) is 12.8. The number of quaternary nitrogens is 3. The third kappa shape index (κ3) is 10.2. The van der Waals surface area contributed by atoms with E-state index < -0.39 is 0 Å². The fraction of sp³-hybridized carbons (Fsp3) is 0.571. The molecule has 6 heteroatoms. The molecule has 0 saturated heterocycles. The van der Waals surface area contributed by atoms with E-state index >= 15 is 0 Å². The Balaban J connectivity index is 1.59. The van der Waals surface area contributed by atoms with Crippen LogP contribution in [0.2, 0.25) is 0 Å². The highest BCUT2D eigenvalue weighted by molar-refractivity contribution is 5.14. The molecule has 0 aliphatic carbocycles. The van der Waals surface area contributed by atoms with E-state index in [0.717, 1.165) is 49.7 Å². The Morgan fingerprint density at radius 3 is 1.26 bits per heavy atom. The summed E-state index contributed by atoms with van der Waals surface area (Å²) in [5.74, 6) is 0. The van der Waals surface area contributed by atoms with E-state index in [1.165, 1.54) is 0 Å². The van der Waals surface area contributed by atoms with Crippen LogP contribution in [0.25, 0.3) is 0 Å². The molecule has 190 valence electrons. The number of hydroxylamine groups is 6. The van der Waals surface area contributed by atoms with Crippen LogP contribution in [0.3, 0.4) is 0 Å². The summed E-state index contributed by atoms with van der Waals surface area (Å²) >= 11 is 0. The first-order valence-electron chi connectivity index (χ1n) is 12.8. The molecule has 2 aromatic carbocycles. The molecule has 0 fully saturated rings. The molecule has 2 rings (SSSR count). The van der Waals surface area contributed by atoms with Gasteiger partial charge in [0.25, 0.3) is 0 Å². The minimum atomic E-state index is -0.364. The van der Waals surface area contributed by atoms with Crippen molar-refractivity contribution in [3.05, 3.63) is 87.4 Å². The number of benzene rings is 2. The molecule has 0 aliphatic rings. The quantitative estimate of drug-likeness (QED) is 0.260. The Bertz CT molecular complexity index is 732. The Hall–Kier alpha value is -1.80. The molecular weight excluding hydrogens is 426 g/mol. The second-order valence-corrected chi connectivity index (χ2v) is 10.9. The van der Waals surface area contributed by atoms with Crippen LogP contribution in [0.4, 0.5) is 0 Å². The lowest BCUT2D eigenvalue weighted by atomic mass is 9.95. The van der Waals surface area contributed by atoms with Gasteiger partial charge in [-0.1, -0.05) is 60.7 Å². The molecule has 0 heterocycles. The molecule has 34 heavy (non-hydrogen) atoms. The van der Waals surface area contributed by atoms with Crippen LogP contribution in [0.5, 0.6) is 0 Å². The van der Waals surface area contributed by atoms with Crippen molar-refractivity contribution in [1.82, 2.24) is 0 Å². The predicted octanol–water partition coefficient (Wildman–Crippen LogP) is 2.43.